The number of nitrogens with zero attached hydrogens (tertiary/aromatic N) is 2. The van der Waals surface area contributed by atoms with Gasteiger partial charge >= 0.3 is 0 Å². The van der Waals surface area contributed by atoms with Crippen molar-refractivity contribution < 1.29 is 4.79 Å². The van der Waals surface area contributed by atoms with Gasteiger partial charge in [-0.3, -0.25) is 14.2 Å². The van der Waals surface area contributed by atoms with E-state index in [0.717, 1.165) is 22.2 Å². The summed E-state index contributed by atoms with van der Waals surface area (Å²) in [5.41, 5.74) is 2.96. The van der Waals surface area contributed by atoms with E-state index < -0.39 is 5.91 Å². The number of benzene rings is 1. The first-order valence-electron chi connectivity index (χ1n) is 7.31. The molecule has 0 spiro atoms. The molecule has 0 atom stereocenters. The molecule has 2 aromatic heterocycles. The summed E-state index contributed by atoms with van der Waals surface area (Å²) >= 11 is 0. The smallest absolute Gasteiger partial charge is 0.264 e. The molecule has 2 heterocycles. The van der Waals surface area contributed by atoms with Crippen molar-refractivity contribution in [2.75, 3.05) is 5.32 Å². The number of carbonyl (C=O) groups excluding carboxylic acids is 1. The molecule has 0 aliphatic rings. The lowest BCUT2D eigenvalue weighted by molar-refractivity contribution is 0.102. The lowest BCUT2D eigenvalue weighted by Crippen LogP contribution is -2.28. The molecule has 1 amide bonds. The van der Waals surface area contributed by atoms with Crippen molar-refractivity contribution in [1.82, 2.24) is 9.55 Å². The maximum atomic E-state index is 12.6. The number of hydrogen-bond donors (Lipinski definition) is 1. The fraction of sp³-hybridized carbons (Fsp3) is 0.167. The Morgan fingerprint density at radius 3 is 2.52 bits per heavy atom. The van der Waals surface area contributed by atoms with Gasteiger partial charge in [-0.05, 0) is 43.2 Å². The zero-order chi connectivity index (χ0) is 16.6. The fourth-order valence-electron chi connectivity index (χ4n) is 2.65. The van der Waals surface area contributed by atoms with Gasteiger partial charge < -0.3 is 5.32 Å². The van der Waals surface area contributed by atoms with Gasteiger partial charge in [0.1, 0.15) is 11.2 Å². The SMILES string of the molecule is Cc1cccc(C)c1NC(=O)c1cc2cccnc2n(C)c1=O. The molecule has 1 aromatic carbocycles. The van der Waals surface area contributed by atoms with E-state index >= 15 is 0 Å². The number of para-hydroxylation sites is 1. The van der Waals surface area contributed by atoms with Crippen LogP contribution < -0.4 is 10.9 Å². The van der Waals surface area contributed by atoms with Crippen molar-refractivity contribution in [3.8, 4) is 0 Å². The number of hydrogen-bond acceptors (Lipinski definition) is 3. The quantitative estimate of drug-likeness (QED) is 0.792. The fourth-order valence-corrected chi connectivity index (χ4v) is 2.65. The zero-order valence-electron chi connectivity index (χ0n) is 13.3. The van der Waals surface area contributed by atoms with Crippen molar-refractivity contribution in [3.63, 3.8) is 0 Å². The third-order valence-corrected chi connectivity index (χ3v) is 3.93. The highest BCUT2D eigenvalue weighted by molar-refractivity contribution is 6.06. The van der Waals surface area contributed by atoms with Crippen LogP contribution >= 0.6 is 0 Å². The second kappa shape index (κ2) is 5.68. The Hall–Kier alpha value is -2.95. The first-order valence-corrected chi connectivity index (χ1v) is 7.31. The van der Waals surface area contributed by atoms with Gasteiger partial charge in [0.2, 0.25) is 0 Å². The minimum Gasteiger partial charge on any atom is -0.321 e. The highest BCUT2D eigenvalue weighted by atomic mass is 16.2. The lowest BCUT2D eigenvalue weighted by atomic mass is 10.1. The van der Waals surface area contributed by atoms with E-state index in [-0.39, 0.29) is 11.1 Å². The molecule has 1 N–H and O–H groups in total. The Morgan fingerprint density at radius 1 is 1.13 bits per heavy atom. The largest absolute Gasteiger partial charge is 0.321 e. The average Bonchev–Trinajstić information content (AvgIpc) is 2.54. The number of rotatable bonds is 2. The van der Waals surface area contributed by atoms with E-state index in [1.807, 2.05) is 38.1 Å². The molecule has 3 aromatic rings. The van der Waals surface area contributed by atoms with Gasteiger partial charge in [-0.25, -0.2) is 4.98 Å². The Morgan fingerprint density at radius 2 is 1.83 bits per heavy atom. The minimum absolute atomic E-state index is 0.107. The number of nitrogens with one attached hydrogen (secondary N) is 1. The second-order valence-electron chi connectivity index (χ2n) is 5.56. The van der Waals surface area contributed by atoms with Crippen LogP contribution in [0.4, 0.5) is 5.69 Å². The second-order valence-corrected chi connectivity index (χ2v) is 5.56. The summed E-state index contributed by atoms with van der Waals surface area (Å²) in [6, 6.07) is 11.0. The first-order chi connectivity index (χ1) is 11.0. The maximum absolute atomic E-state index is 12.6. The minimum atomic E-state index is -0.409. The summed E-state index contributed by atoms with van der Waals surface area (Å²) in [4.78, 5) is 29.2. The van der Waals surface area contributed by atoms with Crippen molar-refractivity contribution >= 4 is 22.6 Å². The van der Waals surface area contributed by atoms with Gasteiger partial charge in [-0.1, -0.05) is 18.2 Å². The van der Waals surface area contributed by atoms with Gasteiger partial charge in [0, 0.05) is 24.3 Å². The van der Waals surface area contributed by atoms with E-state index in [1.165, 1.54) is 4.57 Å². The summed E-state index contributed by atoms with van der Waals surface area (Å²) in [5.74, 6) is -0.409. The van der Waals surface area contributed by atoms with Crippen molar-refractivity contribution in [2.45, 2.75) is 13.8 Å². The Balaban J connectivity index is 2.08. The molecule has 0 fully saturated rings. The van der Waals surface area contributed by atoms with Crippen LogP contribution in [-0.2, 0) is 7.05 Å². The van der Waals surface area contributed by atoms with Crippen LogP contribution in [0.1, 0.15) is 21.5 Å². The number of amides is 1. The molecule has 0 aliphatic heterocycles. The van der Waals surface area contributed by atoms with Gasteiger partial charge in [0.15, 0.2) is 0 Å². The molecule has 0 radical (unpaired) electrons. The number of fused-ring (bicyclic) bond motifs is 1. The number of aryl methyl sites for hydroxylation is 3. The van der Waals surface area contributed by atoms with Crippen LogP contribution in [0.25, 0.3) is 11.0 Å². The highest BCUT2D eigenvalue weighted by Crippen LogP contribution is 2.20. The van der Waals surface area contributed by atoms with Gasteiger partial charge in [0.05, 0.1) is 0 Å². The van der Waals surface area contributed by atoms with Crippen LogP contribution in [0.15, 0.2) is 47.4 Å². The van der Waals surface area contributed by atoms with Crippen LogP contribution in [0.5, 0.6) is 0 Å². The number of anilines is 1. The van der Waals surface area contributed by atoms with E-state index in [0.29, 0.717) is 5.65 Å². The molecule has 0 saturated carbocycles. The highest BCUT2D eigenvalue weighted by Gasteiger charge is 2.16. The van der Waals surface area contributed by atoms with Crippen molar-refractivity contribution in [2.24, 2.45) is 7.05 Å². The first kappa shape index (κ1) is 15.0. The normalized spacial score (nSPS) is 10.7. The predicted octanol–water partition coefficient (Wildman–Crippen LogP) is 2.80. The van der Waals surface area contributed by atoms with Crippen molar-refractivity contribution in [1.29, 1.82) is 0 Å². The average molecular weight is 307 g/mol. The van der Waals surface area contributed by atoms with Gasteiger partial charge in [-0.2, -0.15) is 0 Å². The third kappa shape index (κ3) is 2.61. The number of pyridine rings is 2. The molecular weight excluding hydrogens is 290 g/mol. The Labute approximate surface area is 133 Å². The van der Waals surface area contributed by atoms with Crippen LogP contribution in [0.2, 0.25) is 0 Å². The van der Waals surface area contributed by atoms with Gasteiger partial charge in [0.25, 0.3) is 11.5 Å². The van der Waals surface area contributed by atoms with Crippen LogP contribution in [0.3, 0.4) is 0 Å². The van der Waals surface area contributed by atoms with E-state index in [1.54, 1.807) is 25.4 Å². The van der Waals surface area contributed by atoms with Gasteiger partial charge in [-0.15, -0.1) is 0 Å². The van der Waals surface area contributed by atoms with E-state index in [9.17, 15) is 9.59 Å². The standard InChI is InChI=1S/C18H17N3O2/c1-11-6-4-7-12(2)15(11)20-17(22)14-10-13-8-5-9-19-16(13)21(3)18(14)23/h4-10H,1-3H3,(H,20,22). The monoisotopic (exact) mass is 307 g/mol. The van der Waals surface area contributed by atoms with E-state index in [4.69, 9.17) is 0 Å². The van der Waals surface area contributed by atoms with Crippen LogP contribution in [0, 0.1) is 13.8 Å². The summed E-state index contributed by atoms with van der Waals surface area (Å²) in [5, 5.41) is 3.61. The zero-order valence-corrected chi connectivity index (χ0v) is 13.3. The number of carbonyl (C=O) groups is 1. The molecule has 5 heteroatoms. The maximum Gasteiger partial charge on any atom is 0.264 e. The molecule has 0 saturated heterocycles. The van der Waals surface area contributed by atoms with Crippen LogP contribution in [-0.4, -0.2) is 15.5 Å². The third-order valence-electron chi connectivity index (χ3n) is 3.93. The predicted molar refractivity (Wildman–Crippen MR) is 90.9 cm³/mol. The molecule has 3 rings (SSSR count). The molecule has 0 aliphatic carbocycles. The molecular formula is C18H17N3O2. The summed E-state index contributed by atoms with van der Waals surface area (Å²) in [6.07, 6.45) is 1.62. The Kier molecular flexibility index (Phi) is 3.70. The Bertz CT molecular complexity index is 953. The summed E-state index contributed by atoms with van der Waals surface area (Å²) in [6.45, 7) is 3.84. The molecule has 116 valence electrons. The molecule has 0 unspecified atom stereocenters. The molecule has 23 heavy (non-hydrogen) atoms. The summed E-state index contributed by atoms with van der Waals surface area (Å²) in [7, 11) is 1.62. The lowest BCUT2D eigenvalue weighted by Gasteiger charge is -2.12. The topological polar surface area (TPSA) is 64.0 Å². The number of aromatic nitrogens is 2. The molecule has 5 nitrogen and oxygen atoms in total. The van der Waals surface area contributed by atoms with E-state index in [2.05, 4.69) is 10.3 Å². The summed E-state index contributed by atoms with van der Waals surface area (Å²) < 4.78 is 1.40. The van der Waals surface area contributed by atoms with Crippen molar-refractivity contribution in [3.05, 3.63) is 69.6 Å². The molecule has 0 bridgehead atoms.